The first-order valence-corrected chi connectivity index (χ1v) is 49.4. The number of rotatable bonds is 13. The second kappa shape index (κ2) is 40.6. The van der Waals surface area contributed by atoms with Crippen LogP contribution in [-0.4, -0.2) is 287 Å². The summed E-state index contributed by atoms with van der Waals surface area (Å²) in [7, 11) is 2.10. The SMILES string of the molecule is C[C@H](O)C(=O)N1CCC(n2c(=O)[nH]c(=O)c3cnc4ccc(-c5c[nH]c6ncccc56)nc4c32)CC1.C[C@H](O)C(=O)N1CCC(n2c(=O)[nH]c(=O)c3cnc4ccc(-c5cnc(N6CCN(C)CC6)nc5)nc4c32)CC1.C[C@H](O)C(=O)N1CCC(n2c(=O)[nH]c(=O)c3cnc4ccc(-c5cnc6c(c5)C=CC6)nc4c32)CC1.C[C@H](O)C(=O)N1CCC(n2c(=O)[nH]c(=O)c3cnc4ccc(-c5cnc6ccccc6c5)nc4c32)CC1. The Morgan fingerprint density at radius 2 is 0.705 bits per heavy atom. The predicted octanol–water partition coefficient (Wildman–Crippen LogP) is 6.31. The molecule has 18 aromatic rings. The summed E-state index contributed by atoms with van der Waals surface area (Å²) in [5.41, 5.74) is 11.0. The van der Waals surface area contributed by atoms with Gasteiger partial charge in [0.1, 0.15) is 52.1 Å². The number of aromatic amines is 5. The zero-order valence-corrected chi connectivity index (χ0v) is 81.6. The van der Waals surface area contributed by atoms with Crippen LogP contribution in [0, 0.1) is 0 Å². The smallest absolute Gasteiger partial charge is 0.329 e. The number of para-hydroxylation sites is 1. The van der Waals surface area contributed by atoms with Gasteiger partial charge in [-0.1, -0.05) is 30.4 Å². The standard InChI is InChI=1S/C27H31N9O4.C27H24N6O4.C26H24N6O4.C25H23N7O4/c1-16(37)25(39)34-7-5-18(6-8-34)36-23-19(24(38)32-27(36)40)15-28-21-4-3-20(31-22(21)23)17-13-29-26(30-14-17)35-11-9-33(2)10-12-35;1-15(34)26(36)32-10-8-18(9-11-32)33-24-19(25(35)31-27(33)37)14-29-22-7-6-21(30-23(22)24)17-12-16-4-2-3-5-20(16)28-13-17;1-14(33)25(35)31-9-7-17(8-10-31)32-23-18(24(34)30-26(32)36)13-28-21-6-5-20(29-22(21)23)16-11-15-3-2-4-19(15)27-12-16;1-13(33)24(35)31-9-6-14(7-10-31)32-21-17(23(34)30-25(32)36)12-27-19-5-4-18(29-20(19)21)16-11-28-22-15(16)3-2-8-26-22/h3-4,13-16,18,37H,5-12H2,1-2H3,(H,32,38,40);2-7,12-15,18,34H,8-11H2,1H3,(H,31,35,37);2-3,5-6,11-14,17,33H,4,7-10H2,1H3,(H,30,34,36);2-5,8,11-14,33H,6-7,9-10H2,1H3,(H,26,28)(H,30,34,36)/t16-;15-;14-;13-/m0000/s1. The summed E-state index contributed by atoms with van der Waals surface area (Å²) in [4.78, 5) is 236. The molecule has 5 saturated heterocycles. The molecule has 4 amide bonds. The number of allylic oxidation sites excluding steroid dienone is 1. The number of amides is 4. The van der Waals surface area contributed by atoms with E-state index in [4.69, 9.17) is 19.9 Å². The molecule has 22 heterocycles. The van der Waals surface area contributed by atoms with Crippen molar-refractivity contribution in [2.24, 2.45) is 0 Å². The van der Waals surface area contributed by atoms with Crippen molar-refractivity contribution < 1.29 is 39.6 Å². The van der Waals surface area contributed by atoms with E-state index in [1.54, 1.807) is 68.9 Å². The largest absolute Gasteiger partial charge is 0.384 e. The number of likely N-dealkylation sites (tertiary alicyclic amines) is 4. The molecule has 6 aliphatic rings. The number of benzene rings is 1. The monoisotopic (exact) mass is 2010 g/mol. The molecule has 44 heteroatoms. The maximum atomic E-state index is 13.2. The van der Waals surface area contributed by atoms with Gasteiger partial charge in [-0.05, 0) is 171 Å². The molecule has 17 aromatic heterocycles. The molecule has 149 heavy (non-hydrogen) atoms. The Morgan fingerprint density at radius 1 is 0.356 bits per heavy atom. The zero-order chi connectivity index (χ0) is 104. The summed E-state index contributed by atoms with van der Waals surface area (Å²) in [5, 5.41) is 41.6. The van der Waals surface area contributed by atoms with E-state index in [0.717, 1.165) is 82.5 Å². The van der Waals surface area contributed by atoms with E-state index < -0.39 is 69.4 Å². The van der Waals surface area contributed by atoms with Gasteiger partial charge < -0.3 is 54.8 Å². The highest BCUT2D eigenvalue weighted by molar-refractivity contribution is 6.06. The summed E-state index contributed by atoms with van der Waals surface area (Å²) in [6.45, 7) is 12.6. The molecule has 5 fully saturated rings. The molecule has 4 atom stereocenters. The lowest BCUT2D eigenvalue weighted by atomic mass is 10.0. The molecule has 758 valence electrons. The number of nitrogens with one attached hydrogen (secondary N) is 5. The van der Waals surface area contributed by atoms with E-state index in [-0.39, 0.29) is 69.3 Å². The van der Waals surface area contributed by atoms with Crippen molar-refractivity contribution >= 4 is 145 Å². The Morgan fingerprint density at radius 3 is 1.10 bits per heavy atom. The number of hydrogen-bond donors (Lipinski definition) is 9. The van der Waals surface area contributed by atoms with Crippen molar-refractivity contribution in [3.8, 4) is 45.0 Å². The van der Waals surface area contributed by atoms with Gasteiger partial charge in [-0.25, -0.2) is 54.1 Å². The second-order valence-corrected chi connectivity index (χ2v) is 38.2. The minimum absolute atomic E-state index is 0.252. The fourth-order valence-electron chi connectivity index (χ4n) is 20.9. The van der Waals surface area contributed by atoms with E-state index in [9.17, 15) is 78.0 Å². The maximum Gasteiger partial charge on any atom is 0.329 e. The number of aromatic nitrogens is 22. The summed E-state index contributed by atoms with van der Waals surface area (Å²) in [5.74, 6) is -0.654. The molecule has 0 saturated carbocycles. The molecule has 1 aliphatic carbocycles. The van der Waals surface area contributed by atoms with Gasteiger partial charge in [0.25, 0.3) is 45.9 Å². The van der Waals surface area contributed by atoms with Gasteiger partial charge in [-0.3, -0.25) is 106 Å². The molecule has 0 radical (unpaired) electrons. The summed E-state index contributed by atoms with van der Waals surface area (Å²) < 4.78 is 6.33. The lowest BCUT2D eigenvalue weighted by Crippen LogP contribution is -2.45. The van der Waals surface area contributed by atoms with Crippen LogP contribution in [0.25, 0.3) is 161 Å². The van der Waals surface area contributed by atoms with Gasteiger partial charge in [0.15, 0.2) is 0 Å². The number of piperidine rings is 4. The Bertz CT molecular complexity index is 8980. The molecule has 0 bridgehead atoms. The van der Waals surface area contributed by atoms with Crippen LogP contribution in [0.4, 0.5) is 5.95 Å². The van der Waals surface area contributed by atoms with Gasteiger partial charge >= 0.3 is 22.8 Å². The van der Waals surface area contributed by atoms with E-state index >= 15 is 0 Å². The van der Waals surface area contributed by atoms with Gasteiger partial charge in [-0.15, -0.1) is 0 Å². The number of pyridine rings is 11. The van der Waals surface area contributed by atoms with Gasteiger partial charge in [0.2, 0.25) is 5.95 Å². The third-order valence-electron chi connectivity index (χ3n) is 28.7. The van der Waals surface area contributed by atoms with Crippen molar-refractivity contribution in [2.45, 2.75) is 134 Å². The van der Waals surface area contributed by atoms with E-state index in [2.05, 4.69) is 92.7 Å². The molecule has 0 unspecified atom stereocenters. The Balaban J connectivity index is 0.000000116. The molecule has 24 rings (SSSR count). The number of carbonyl (C=O) groups is 4. The van der Waals surface area contributed by atoms with Crippen molar-refractivity contribution in [3.05, 3.63) is 260 Å². The molecule has 1 aromatic carbocycles. The van der Waals surface area contributed by atoms with Gasteiger partial charge in [0.05, 0.1) is 99.7 Å². The molecular formula is C105H102N28O16. The Labute approximate surface area is 842 Å². The number of hydrogen-bond acceptors (Lipinski definition) is 31. The Hall–Kier alpha value is -17.2. The van der Waals surface area contributed by atoms with Crippen LogP contribution in [0.2, 0.25) is 0 Å². The number of aliphatic hydroxyl groups excluding tert-OH is 4. The van der Waals surface area contributed by atoms with Crippen LogP contribution in [0.15, 0.2) is 203 Å². The summed E-state index contributed by atoms with van der Waals surface area (Å²) >= 11 is 0. The lowest BCUT2D eigenvalue weighted by molar-refractivity contribution is -0.141. The molecule has 9 N–H and O–H groups in total. The van der Waals surface area contributed by atoms with E-state index in [1.165, 1.54) is 52.5 Å². The average Bonchev–Trinajstić information content (AvgIpc) is 1.61. The first-order chi connectivity index (χ1) is 72.0. The second-order valence-electron chi connectivity index (χ2n) is 38.2. The number of piperazine rings is 1. The minimum atomic E-state index is -1.08. The van der Waals surface area contributed by atoms with Crippen LogP contribution in [0.3, 0.4) is 0 Å². The quantitative estimate of drug-likeness (QED) is 0.0571. The minimum Gasteiger partial charge on any atom is -0.384 e. The van der Waals surface area contributed by atoms with Crippen LogP contribution in [0.1, 0.15) is 114 Å². The predicted molar refractivity (Wildman–Crippen MR) is 556 cm³/mol. The molecule has 5 aliphatic heterocycles. The van der Waals surface area contributed by atoms with Crippen molar-refractivity contribution in [1.82, 2.24) is 132 Å². The number of nitrogens with zero attached hydrogens (tertiary/aromatic N) is 23. The zero-order valence-electron chi connectivity index (χ0n) is 81.6. The van der Waals surface area contributed by atoms with E-state index in [1.807, 2.05) is 109 Å². The molecule has 0 spiro atoms. The van der Waals surface area contributed by atoms with Crippen LogP contribution in [-0.2, 0) is 25.6 Å². The fourth-order valence-corrected chi connectivity index (χ4v) is 20.9. The number of carbonyl (C=O) groups excluding carboxylic acids is 4. The van der Waals surface area contributed by atoms with Crippen molar-refractivity contribution in [2.75, 3.05) is 90.5 Å². The molecular weight excluding hydrogens is 1910 g/mol. The maximum absolute atomic E-state index is 13.2. The third-order valence-corrected chi connectivity index (χ3v) is 28.7. The Kier molecular flexibility index (Phi) is 26.7. The average molecular weight is 2010 g/mol. The number of likely N-dealkylation sites (N-methyl/N-ethyl adjacent to an activating group) is 1. The summed E-state index contributed by atoms with van der Waals surface area (Å²) in [6.07, 6.45) is 21.0. The van der Waals surface area contributed by atoms with Crippen LogP contribution >= 0.6 is 0 Å². The normalized spacial score (nSPS) is 16.4. The topological polar surface area (TPSA) is 571 Å². The van der Waals surface area contributed by atoms with Crippen LogP contribution < -0.4 is 49.9 Å². The fraction of sp³-hybridized carbons (Fsp3) is 0.324. The van der Waals surface area contributed by atoms with Gasteiger partial charge in [0, 0.05) is 204 Å². The van der Waals surface area contributed by atoms with Crippen LogP contribution in [0.5, 0.6) is 0 Å². The highest BCUT2D eigenvalue weighted by Gasteiger charge is 2.36. The summed E-state index contributed by atoms with van der Waals surface area (Å²) in [6, 6.07) is 29.3. The number of fused-ring (bicyclic) bond motifs is 15. The van der Waals surface area contributed by atoms with Gasteiger partial charge in [-0.2, -0.15) is 0 Å². The first kappa shape index (κ1) is 97.8. The highest BCUT2D eigenvalue weighted by atomic mass is 16.3. The highest BCUT2D eigenvalue weighted by Crippen LogP contribution is 2.38. The molecule has 44 nitrogen and oxygen atoms in total. The first-order valence-electron chi connectivity index (χ1n) is 49.4. The number of aliphatic hydroxyl groups is 4. The third kappa shape index (κ3) is 19.0. The number of H-pyrrole nitrogens is 5. The number of anilines is 1. The lowest BCUT2D eigenvalue weighted by Gasteiger charge is -2.34. The van der Waals surface area contributed by atoms with Crippen molar-refractivity contribution in [1.29, 1.82) is 0 Å². The van der Waals surface area contributed by atoms with E-state index in [0.29, 0.717) is 204 Å². The van der Waals surface area contributed by atoms with Crippen molar-refractivity contribution in [3.63, 3.8) is 0 Å².